The van der Waals surface area contributed by atoms with Gasteiger partial charge in [-0.1, -0.05) is 37.6 Å². The number of aromatic nitrogens is 3. The third-order valence-corrected chi connectivity index (χ3v) is 4.79. The zero-order valence-electron chi connectivity index (χ0n) is 14.0. The quantitative estimate of drug-likeness (QED) is 0.647. The second-order valence-corrected chi connectivity index (χ2v) is 7.28. The van der Waals surface area contributed by atoms with Crippen LogP contribution in [0.5, 0.6) is 0 Å². The second kappa shape index (κ2) is 5.35. The number of rotatable bonds is 1. The molecule has 0 spiro atoms. The Hall–Kier alpha value is -2.33. The van der Waals surface area contributed by atoms with E-state index >= 15 is 0 Å². The van der Waals surface area contributed by atoms with Gasteiger partial charge in [0, 0.05) is 22.7 Å². The van der Waals surface area contributed by atoms with Crippen LogP contribution in [0.25, 0.3) is 5.69 Å². The van der Waals surface area contributed by atoms with Gasteiger partial charge in [-0.05, 0) is 43.3 Å². The van der Waals surface area contributed by atoms with Crippen LogP contribution in [0.1, 0.15) is 25.5 Å². The van der Waals surface area contributed by atoms with Gasteiger partial charge in [0.05, 0.1) is 11.4 Å². The molecule has 122 valence electrons. The molecule has 0 N–H and O–H groups in total. The number of benzene rings is 2. The number of aryl methyl sites for hydroxylation is 1. The first kappa shape index (κ1) is 15.2. The summed E-state index contributed by atoms with van der Waals surface area (Å²) in [7, 11) is 0. The molecule has 0 saturated carbocycles. The van der Waals surface area contributed by atoms with E-state index in [1.165, 1.54) is 0 Å². The fourth-order valence-corrected chi connectivity index (χ4v) is 3.50. The average molecular weight is 339 g/mol. The molecule has 1 aliphatic heterocycles. The number of hydrogen-bond acceptors (Lipinski definition) is 3. The van der Waals surface area contributed by atoms with Gasteiger partial charge in [-0.15, -0.1) is 10.2 Å². The molecule has 0 aliphatic carbocycles. The molecular formula is C19H19ClN4. The molecule has 0 unspecified atom stereocenters. The number of anilines is 2. The molecule has 0 saturated heterocycles. The minimum Gasteiger partial charge on any atom is -0.339 e. The summed E-state index contributed by atoms with van der Waals surface area (Å²) in [5.74, 6) is 1.90. The highest BCUT2D eigenvalue weighted by Crippen LogP contribution is 2.40. The lowest BCUT2D eigenvalue weighted by Gasteiger charge is -2.31. The number of hydrogen-bond donors (Lipinski definition) is 0. The summed E-state index contributed by atoms with van der Waals surface area (Å²) in [4.78, 5) is 2.33. The summed E-state index contributed by atoms with van der Waals surface area (Å²) < 4.78 is 2.17. The smallest absolute Gasteiger partial charge is 0.145 e. The lowest BCUT2D eigenvalue weighted by atomic mass is 9.91. The third kappa shape index (κ3) is 2.29. The van der Waals surface area contributed by atoms with Gasteiger partial charge >= 0.3 is 0 Å². The molecule has 5 heteroatoms. The van der Waals surface area contributed by atoms with Gasteiger partial charge < -0.3 is 4.90 Å². The molecule has 4 nitrogen and oxygen atoms in total. The summed E-state index contributed by atoms with van der Waals surface area (Å²) in [6.45, 7) is 7.23. The molecule has 0 radical (unpaired) electrons. The van der Waals surface area contributed by atoms with Crippen LogP contribution in [-0.4, -0.2) is 21.3 Å². The van der Waals surface area contributed by atoms with E-state index < -0.39 is 0 Å². The monoisotopic (exact) mass is 338 g/mol. The van der Waals surface area contributed by atoms with Crippen molar-refractivity contribution >= 4 is 23.0 Å². The predicted molar refractivity (Wildman–Crippen MR) is 97.6 cm³/mol. The average Bonchev–Trinajstić information content (AvgIpc) is 2.92. The van der Waals surface area contributed by atoms with Crippen LogP contribution in [0, 0.1) is 6.92 Å². The highest BCUT2D eigenvalue weighted by molar-refractivity contribution is 6.30. The Kier molecular flexibility index (Phi) is 3.39. The van der Waals surface area contributed by atoms with Crippen molar-refractivity contribution in [2.75, 3.05) is 11.4 Å². The molecular weight excluding hydrogens is 320 g/mol. The largest absolute Gasteiger partial charge is 0.339 e. The Bertz CT molecular complexity index is 896. The minimum absolute atomic E-state index is 0.153. The lowest BCUT2D eigenvalue weighted by Crippen LogP contribution is -2.34. The molecule has 24 heavy (non-hydrogen) atoms. The first-order chi connectivity index (χ1) is 11.5. The van der Waals surface area contributed by atoms with Gasteiger partial charge in [-0.2, -0.15) is 0 Å². The van der Waals surface area contributed by atoms with Crippen LogP contribution in [0.2, 0.25) is 5.02 Å². The zero-order chi connectivity index (χ0) is 16.9. The molecule has 2 heterocycles. The Morgan fingerprint density at radius 1 is 0.958 bits per heavy atom. The highest BCUT2D eigenvalue weighted by atomic mass is 35.5. The number of nitrogens with zero attached hydrogens (tertiary/aromatic N) is 4. The van der Waals surface area contributed by atoms with Crippen molar-refractivity contribution in [1.29, 1.82) is 0 Å². The Morgan fingerprint density at radius 2 is 1.62 bits per heavy atom. The van der Waals surface area contributed by atoms with Gasteiger partial charge in [0.1, 0.15) is 11.6 Å². The van der Waals surface area contributed by atoms with E-state index in [-0.39, 0.29) is 5.41 Å². The van der Waals surface area contributed by atoms with E-state index in [1.54, 1.807) is 0 Å². The van der Waals surface area contributed by atoms with Crippen molar-refractivity contribution < 1.29 is 0 Å². The second-order valence-electron chi connectivity index (χ2n) is 6.84. The van der Waals surface area contributed by atoms with E-state index in [1.807, 2.05) is 19.1 Å². The molecule has 2 aromatic carbocycles. The number of fused-ring (bicyclic) bond motifs is 3. The molecule has 0 amide bonds. The maximum atomic E-state index is 6.07. The van der Waals surface area contributed by atoms with E-state index in [0.29, 0.717) is 0 Å². The van der Waals surface area contributed by atoms with Crippen LogP contribution in [-0.2, 0) is 5.41 Å². The standard InChI is InChI=1S/C19H19ClN4/c1-13-21-22-18-19(2,3)12-23(15-10-8-14(20)9-11-15)16-6-4-5-7-17(16)24(13)18/h4-11H,12H2,1-3H3. The Labute approximate surface area is 146 Å². The Balaban J connectivity index is 1.98. The van der Waals surface area contributed by atoms with Crippen molar-refractivity contribution in [2.45, 2.75) is 26.2 Å². The third-order valence-electron chi connectivity index (χ3n) is 4.54. The first-order valence-electron chi connectivity index (χ1n) is 8.02. The molecule has 1 aromatic heterocycles. The molecule has 0 bridgehead atoms. The van der Waals surface area contributed by atoms with Crippen LogP contribution < -0.4 is 4.90 Å². The normalized spacial score (nSPS) is 15.6. The fourth-order valence-electron chi connectivity index (χ4n) is 3.37. The van der Waals surface area contributed by atoms with E-state index in [0.717, 1.165) is 40.3 Å². The zero-order valence-corrected chi connectivity index (χ0v) is 14.7. The van der Waals surface area contributed by atoms with Gasteiger partial charge in [0.25, 0.3) is 0 Å². The summed E-state index contributed by atoms with van der Waals surface area (Å²) in [6, 6.07) is 16.4. The van der Waals surface area contributed by atoms with Gasteiger partial charge in [-0.25, -0.2) is 0 Å². The van der Waals surface area contributed by atoms with Crippen LogP contribution in [0.4, 0.5) is 11.4 Å². The lowest BCUT2D eigenvalue weighted by molar-refractivity contribution is 0.495. The van der Waals surface area contributed by atoms with Crippen molar-refractivity contribution in [1.82, 2.24) is 14.8 Å². The van der Waals surface area contributed by atoms with Crippen molar-refractivity contribution in [3.05, 3.63) is 65.2 Å². The summed E-state index contributed by atoms with van der Waals surface area (Å²) in [5.41, 5.74) is 3.22. The van der Waals surface area contributed by atoms with Crippen molar-refractivity contribution in [3.8, 4) is 5.69 Å². The van der Waals surface area contributed by atoms with Gasteiger partial charge in [0.15, 0.2) is 0 Å². The number of para-hydroxylation sites is 2. The maximum absolute atomic E-state index is 6.07. The van der Waals surface area contributed by atoms with Crippen molar-refractivity contribution in [3.63, 3.8) is 0 Å². The summed E-state index contributed by atoms with van der Waals surface area (Å²) >= 11 is 6.07. The Morgan fingerprint density at radius 3 is 2.33 bits per heavy atom. The summed E-state index contributed by atoms with van der Waals surface area (Å²) in [5, 5.41) is 9.54. The molecule has 0 atom stereocenters. The van der Waals surface area contributed by atoms with E-state index in [2.05, 4.69) is 69.9 Å². The van der Waals surface area contributed by atoms with Gasteiger partial charge in [-0.3, -0.25) is 4.57 Å². The van der Waals surface area contributed by atoms with Crippen molar-refractivity contribution in [2.24, 2.45) is 0 Å². The van der Waals surface area contributed by atoms with Gasteiger partial charge in [0.2, 0.25) is 0 Å². The fraction of sp³-hybridized carbons (Fsp3) is 0.263. The molecule has 3 aromatic rings. The number of halogens is 1. The molecule has 1 aliphatic rings. The SMILES string of the molecule is Cc1nnc2n1-c1ccccc1N(c1ccc(Cl)cc1)CC2(C)C. The molecule has 4 rings (SSSR count). The summed E-state index contributed by atoms with van der Waals surface area (Å²) in [6.07, 6.45) is 0. The maximum Gasteiger partial charge on any atom is 0.145 e. The van der Waals surface area contributed by atoms with Crippen LogP contribution in [0.15, 0.2) is 48.5 Å². The topological polar surface area (TPSA) is 34.0 Å². The minimum atomic E-state index is -0.153. The molecule has 0 fully saturated rings. The van der Waals surface area contributed by atoms with E-state index in [9.17, 15) is 0 Å². The highest BCUT2D eigenvalue weighted by Gasteiger charge is 2.35. The van der Waals surface area contributed by atoms with Crippen LogP contribution in [0.3, 0.4) is 0 Å². The van der Waals surface area contributed by atoms with Crippen LogP contribution >= 0.6 is 11.6 Å². The first-order valence-corrected chi connectivity index (χ1v) is 8.40. The van der Waals surface area contributed by atoms with E-state index in [4.69, 9.17) is 11.6 Å². The predicted octanol–water partition coefficient (Wildman–Crippen LogP) is 4.66.